The van der Waals surface area contributed by atoms with Gasteiger partial charge in [-0.05, 0) is 18.6 Å². The van der Waals surface area contributed by atoms with Gasteiger partial charge >= 0.3 is 0 Å². The van der Waals surface area contributed by atoms with E-state index < -0.39 is 5.91 Å². The van der Waals surface area contributed by atoms with Crippen molar-refractivity contribution < 1.29 is 4.79 Å². The third kappa shape index (κ3) is 3.44. The predicted molar refractivity (Wildman–Crippen MR) is 72.5 cm³/mol. The summed E-state index contributed by atoms with van der Waals surface area (Å²) in [6.07, 6.45) is 5.98. The van der Waals surface area contributed by atoms with Gasteiger partial charge in [0.25, 0.3) is 5.91 Å². The fourth-order valence-corrected chi connectivity index (χ4v) is 1.69. The number of amides is 1. The van der Waals surface area contributed by atoms with Crippen LogP contribution in [0.5, 0.6) is 0 Å². The molecular formula is C12H16N6O. The Hall–Kier alpha value is -2.57. The number of carbonyl (C=O) groups excluding carboxylic acids is 1. The van der Waals surface area contributed by atoms with E-state index in [1.165, 1.54) is 12.3 Å². The number of rotatable bonds is 6. The van der Waals surface area contributed by atoms with Crippen molar-refractivity contribution in [2.45, 2.75) is 13.0 Å². The molecule has 0 fully saturated rings. The molecule has 0 aliphatic rings. The highest BCUT2D eigenvalue weighted by atomic mass is 16.1. The van der Waals surface area contributed by atoms with Gasteiger partial charge in [0, 0.05) is 25.5 Å². The lowest BCUT2D eigenvalue weighted by molar-refractivity contribution is 0.100. The van der Waals surface area contributed by atoms with Gasteiger partial charge in [0.15, 0.2) is 0 Å². The van der Waals surface area contributed by atoms with E-state index >= 15 is 0 Å². The number of nitrogen functional groups attached to an aromatic ring is 1. The van der Waals surface area contributed by atoms with Crippen molar-refractivity contribution in [2.24, 2.45) is 5.73 Å². The Morgan fingerprint density at radius 1 is 1.47 bits per heavy atom. The summed E-state index contributed by atoms with van der Waals surface area (Å²) in [6.45, 7) is 1.46. The molecule has 0 aliphatic heterocycles. The van der Waals surface area contributed by atoms with Crippen molar-refractivity contribution in [3.05, 3.63) is 36.3 Å². The Labute approximate surface area is 110 Å². The third-order valence-corrected chi connectivity index (χ3v) is 2.59. The van der Waals surface area contributed by atoms with E-state index in [0.29, 0.717) is 23.6 Å². The van der Waals surface area contributed by atoms with Crippen LogP contribution in [-0.2, 0) is 6.54 Å². The number of aryl methyl sites for hydroxylation is 1. The highest BCUT2D eigenvalue weighted by Crippen LogP contribution is 2.14. The van der Waals surface area contributed by atoms with Gasteiger partial charge in [-0.1, -0.05) is 0 Å². The van der Waals surface area contributed by atoms with E-state index in [1.807, 2.05) is 16.9 Å². The summed E-state index contributed by atoms with van der Waals surface area (Å²) in [6, 6.07) is 3.39. The van der Waals surface area contributed by atoms with Crippen molar-refractivity contribution in [3.8, 4) is 0 Å². The summed E-state index contributed by atoms with van der Waals surface area (Å²) < 4.78 is 1.84. The average molecular weight is 260 g/mol. The van der Waals surface area contributed by atoms with Crippen LogP contribution in [0.25, 0.3) is 0 Å². The SMILES string of the molecule is NC(=O)c1cc(N)cnc1NCCCn1cccn1. The molecule has 2 aromatic rings. The van der Waals surface area contributed by atoms with Crippen molar-refractivity contribution in [1.82, 2.24) is 14.8 Å². The summed E-state index contributed by atoms with van der Waals surface area (Å²) in [4.78, 5) is 15.3. The van der Waals surface area contributed by atoms with Crippen LogP contribution < -0.4 is 16.8 Å². The summed E-state index contributed by atoms with van der Waals surface area (Å²) in [5.74, 6) is -0.0865. The van der Waals surface area contributed by atoms with Crippen LogP contribution in [0.2, 0.25) is 0 Å². The van der Waals surface area contributed by atoms with Crippen LogP contribution in [-0.4, -0.2) is 27.2 Å². The maximum Gasteiger partial charge on any atom is 0.252 e. The van der Waals surface area contributed by atoms with Gasteiger partial charge in [-0.3, -0.25) is 9.48 Å². The van der Waals surface area contributed by atoms with E-state index in [4.69, 9.17) is 11.5 Å². The fraction of sp³-hybridized carbons (Fsp3) is 0.250. The molecule has 19 heavy (non-hydrogen) atoms. The molecule has 2 aromatic heterocycles. The lowest BCUT2D eigenvalue weighted by atomic mass is 10.2. The Kier molecular flexibility index (Phi) is 3.97. The van der Waals surface area contributed by atoms with E-state index in [-0.39, 0.29) is 0 Å². The zero-order valence-corrected chi connectivity index (χ0v) is 10.4. The van der Waals surface area contributed by atoms with Crippen LogP contribution in [0.1, 0.15) is 16.8 Å². The summed E-state index contributed by atoms with van der Waals surface area (Å²) in [7, 11) is 0. The van der Waals surface area contributed by atoms with Crippen molar-refractivity contribution in [3.63, 3.8) is 0 Å². The number of pyridine rings is 1. The van der Waals surface area contributed by atoms with Gasteiger partial charge in [0.2, 0.25) is 0 Å². The maximum absolute atomic E-state index is 11.3. The lowest BCUT2D eigenvalue weighted by Crippen LogP contribution is -2.17. The molecular weight excluding hydrogens is 244 g/mol. The molecule has 0 atom stereocenters. The highest BCUT2D eigenvalue weighted by molar-refractivity contribution is 5.98. The number of hydrogen-bond donors (Lipinski definition) is 3. The summed E-state index contributed by atoms with van der Waals surface area (Å²) >= 11 is 0. The first kappa shape index (κ1) is 12.9. The molecule has 0 bridgehead atoms. The highest BCUT2D eigenvalue weighted by Gasteiger charge is 2.09. The number of nitrogens with one attached hydrogen (secondary N) is 1. The largest absolute Gasteiger partial charge is 0.397 e. The second-order valence-electron chi connectivity index (χ2n) is 4.08. The van der Waals surface area contributed by atoms with Crippen LogP contribution in [0.4, 0.5) is 11.5 Å². The molecule has 1 amide bonds. The number of aromatic nitrogens is 3. The maximum atomic E-state index is 11.3. The number of nitrogens with two attached hydrogens (primary N) is 2. The molecule has 0 aromatic carbocycles. The molecule has 0 aliphatic carbocycles. The fourth-order valence-electron chi connectivity index (χ4n) is 1.69. The van der Waals surface area contributed by atoms with Crippen LogP contribution in [0.15, 0.2) is 30.7 Å². The Balaban J connectivity index is 1.90. The molecule has 0 spiro atoms. The molecule has 7 heteroatoms. The molecule has 0 radical (unpaired) electrons. The number of nitrogens with zero attached hydrogens (tertiary/aromatic N) is 3. The standard InChI is InChI=1S/C12H16N6O/c13-9-7-10(11(14)19)12(16-8-9)15-3-1-5-18-6-2-4-17-18/h2,4,6-8H,1,3,5,13H2,(H2,14,19)(H,15,16). The average Bonchev–Trinajstić information content (AvgIpc) is 2.89. The van der Waals surface area contributed by atoms with Gasteiger partial charge in [-0.25, -0.2) is 4.98 Å². The molecule has 7 nitrogen and oxygen atoms in total. The molecule has 0 saturated heterocycles. The molecule has 100 valence electrons. The van der Waals surface area contributed by atoms with Crippen LogP contribution in [0.3, 0.4) is 0 Å². The number of hydrogen-bond acceptors (Lipinski definition) is 5. The molecule has 2 heterocycles. The minimum Gasteiger partial charge on any atom is -0.397 e. The summed E-state index contributed by atoms with van der Waals surface area (Å²) in [5, 5.41) is 7.18. The third-order valence-electron chi connectivity index (χ3n) is 2.59. The zero-order chi connectivity index (χ0) is 13.7. The van der Waals surface area contributed by atoms with E-state index in [0.717, 1.165) is 13.0 Å². The predicted octanol–water partition coefficient (Wildman–Crippen LogP) is 0.461. The van der Waals surface area contributed by atoms with Gasteiger partial charge in [-0.15, -0.1) is 0 Å². The number of anilines is 2. The second kappa shape index (κ2) is 5.85. The first-order chi connectivity index (χ1) is 9.16. The molecule has 5 N–H and O–H groups in total. The first-order valence-electron chi connectivity index (χ1n) is 5.93. The van der Waals surface area contributed by atoms with Crippen molar-refractivity contribution in [1.29, 1.82) is 0 Å². The van der Waals surface area contributed by atoms with Gasteiger partial charge in [0.05, 0.1) is 17.4 Å². The lowest BCUT2D eigenvalue weighted by Gasteiger charge is -2.09. The van der Waals surface area contributed by atoms with E-state index in [9.17, 15) is 4.79 Å². The van der Waals surface area contributed by atoms with Crippen molar-refractivity contribution >= 4 is 17.4 Å². The Morgan fingerprint density at radius 2 is 2.32 bits per heavy atom. The van der Waals surface area contributed by atoms with Crippen molar-refractivity contribution in [2.75, 3.05) is 17.6 Å². The summed E-state index contributed by atoms with van der Waals surface area (Å²) in [5.41, 5.74) is 11.6. The number of carbonyl (C=O) groups is 1. The Bertz CT molecular complexity index is 551. The zero-order valence-electron chi connectivity index (χ0n) is 10.4. The van der Waals surface area contributed by atoms with E-state index in [1.54, 1.807) is 6.20 Å². The molecule has 0 unspecified atom stereocenters. The normalized spacial score (nSPS) is 10.3. The molecule has 0 saturated carbocycles. The topological polar surface area (TPSA) is 112 Å². The van der Waals surface area contributed by atoms with Crippen LogP contribution in [0, 0.1) is 0 Å². The van der Waals surface area contributed by atoms with E-state index in [2.05, 4.69) is 15.4 Å². The van der Waals surface area contributed by atoms with Gasteiger partial charge < -0.3 is 16.8 Å². The Morgan fingerprint density at radius 3 is 3.00 bits per heavy atom. The molecule has 2 rings (SSSR count). The smallest absolute Gasteiger partial charge is 0.252 e. The van der Waals surface area contributed by atoms with Gasteiger partial charge in [0.1, 0.15) is 5.82 Å². The monoisotopic (exact) mass is 260 g/mol. The minimum absolute atomic E-state index is 0.305. The second-order valence-corrected chi connectivity index (χ2v) is 4.08. The van der Waals surface area contributed by atoms with Crippen LogP contribution >= 0.6 is 0 Å². The first-order valence-corrected chi connectivity index (χ1v) is 5.93. The van der Waals surface area contributed by atoms with Gasteiger partial charge in [-0.2, -0.15) is 5.10 Å². The quantitative estimate of drug-likeness (QED) is 0.653. The number of primary amides is 1. The minimum atomic E-state index is -0.547.